The molecule has 0 bridgehead atoms. The van der Waals surface area contributed by atoms with Gasteiger partial charge in [-0.05, 0) is 56.1 Å². The van der Waals surface area contributed by atoms with E-state index in [1.165, 1.54) is 0 Å². The Morgan fingerprint density at radius 1 is 1.00 bits per heavy atom. The highest BCUT2D eigenvalue weighted by atomic mass is 19.4. The average Bonchev–Trinajstić information content (AvgIpc) is 3.30. The van der Waals surface area contributed by atoms with Gasteiger partial charge in [-0.1, -0.05) is 66.2 Å². The van der Waals surface area contributed by atoms with Gasteiger partial charge >= 0.3 is 11.9 Å². The van der Waals surface area contributed by atoms with Crippen LogP contribution in [0.15, 0.2) is 82.4 Å². The van der Waals surface area contributed by atoms with Crippen LogP contribution in [-0.2, 0) is 36.0 Å². The fourth-order valence-corrected chi connectivity index (χ4v) is 6.71. The molecule has 1 spiro atoms. The molecule has 3 N–H and O–H groups in total. The smallest absolute Gasteiger partial charge is 0.360 e. The summed E-state index contributed by atoms with van der Waals surface area (Å²) in [5.74, 6) is -1.10. The molecular formula is C34H34F4N4O3. The summed E-state index contributed by atoms with van der Waals surface area (Å²) in [7, 11) is 0. The van der Waals surface area contributed by atoms with Crippen LogP contribution in [-0.4, -0.2) is 22.2 Å². The summed E-state index contributed by atoms with van der Waals surface area (Å²) in [5.41, 5.74) is 5.01. The fourth-order valence-electron chi connectivity index (χ4n) is 6.71. The largest absolute Gasteiger partial charge is 0.416 e. The number of nitrogens with zero attached hydrogens (tertiary/aromatic N) is 2. The van der Waals surface area contributed by atoms with Crippen molar-refractivity contribution in [1.29, 1.82) is 0 Å². The van der Waals surface area contributed by atoms with Crippen molar-refractivity contribution < 1.29 is 22.3 Å². The van der Waals surface area contributed by atoms with Crippen LogP contribution in [0.2, 0.25) is 0 Å². The van der Waals surface area contributed by atoms with E-state index < -0.39 is 58.7 Å². The van der Waals surface area contributed by atoms with Crippen molar-refractivity contribution in [3.05, 3.63) is 139 Å². The Morgan fingerprint density at radius 3 is 2.40 bits per heavy atom. The van der Waals surface area contributed by atoms with E-state index in [2.05, 4.69) is 5.32 Å². The highest BCUT2D eigenvalue weighted by Gasteiger charge is 2.50. The molecule has 2 aliphatic rings. The molecule has 2 aliphatic heterocycles. The topological polar surface area (TPSA) is 91.3 Å². The van der Waals surface area contributed by atoms with E-state index in [1.54, 1.807) is 24.3 Å². The van der Waals surface area contributed by atoms with E-state index in [0.29, 0.717) is 31.5 Å². The maximum Gasteiger partial charge on any atom is 0.416 e. The lowest BCUT2D eigenvalue weighted by Gasteiger charge is -2.34. The summed E-state index contributed by atoms with van der Waals surface area (Å²) in [6.07, 6.45) is -4.62. The van der Waals surface area contributed by atoms with Crippen LogP contribution >= 0.6 is 0 Å². The molecule has 1 fully saturated rings. The zero-order valence-corrected chi connectivity index (χ0v) is 24.7. The first-order chi connectivity index (χ1) is 21.5. The highest BCUT2D eigenvalue weighted by Crippen LogP contribution is 2.48. The van der Waals surface area contributed by atoms with Gasteiger partial charge in [0.15, 0.2) is 0 Å². The third kappa shape index (κ3) is 5.87. The standard InChI is InChI=1S/C34H34F4N4O3/c1-21-7-5-8-22(17-21)18-28-30-29(33(45-28)13-15-40-16-14-33)31(43)42(20-27(39)23-9-3-2-4-10-23)32(44)41(30)19-24-25(34(36,37)38)11-6-12-26(24)35/h2-12,17,27-28,40H,13-16,18-20,39H2,1H3/t27-,28+/m0/s1. The number of fused-ring (bicyclic) bond motifs is 2. The minimum Gasteiger partial charge on any atom is -0.360 e. The quantitative estimate of drug-likeness (QED) is 0.280. The van der Waals surface area contributed by atoms with Crippen molar-refractivity contribution in [2.24, 2.45) is 5.73 Å². The molecule has 3 heterocycles. The molecule has 1 saturated heterocycles. The predicted octanol–water partition coefficient (Wildman–Crippen LogP) is 5.12. The maximum atomic E-state index is 15.3. The molecule has 0 saturated carbocycles. The summed E-state index contributed by atoms with van der Waals surface area (Å²) in [5, 5.41) is 3.27. The zero-order chi connectivity index (χ0) is 31.9. The number of rotatable bonds is 7. The second-order valence-electron chi connectivity index (χ2n) is 11.9. The van der Waals surface area contributed by atoms with Gasteiger partial charge in [-0.25, -0.2) is 9.18 Å². The summed E-state index contributed by atoms with van der Waals surface area (Å²) < 4.78 is 66.5. The number of hydrogen-bond acceptors (Lipinski definition) is 5. The third-order valence-corrected chi connectivity index (χ3v) is 8.86. The van der Waals surface area contributed by atoms with Crippen LogP contribution in [0.3, 0.4) is 0 Å². The number of nitrogens with one attached hydrogen (secondary N) is 1. The number of aromatic nitrogens is 2. The molecule has 11 heteroatoms. The molecule has 1 aromatic heterocycles. The Balaban J connectivity index is 1.59. The van der Waals surface area contributed by atoms with Crippen LogP contribution in [0, 0.1) is 12.7 Å². The molecule has 7 nitrogen and oxygen atoms in total. The van der Waals surface area contributed by atoms with Crippen molar-refractivity contribution >= 4 is 0 Å². The molecule has 0 unspecified atom stereocenters. The normalized spacial score (nSPS) is 18.2. The molecule has 2 atom stereocenters. The Hall–Kier alpha value is -4.06. The van der Waals surface area contributed by atoms with Gasteiger partial charge in [0.05, 0.1) is 29.9 Å². The van der Waals surface area contributed by atoms with Crippen molar-refractivity contribution in [2.75, 3.05) is 13.1 Å². The molecule has 0 radical (unpaired) electrons. The van der Waals surface area contributed by atoms with Gasteiger partial charge in [-0.2, -0.15) is 13.2 Å². The highest BCUT2D eigenvalue weighted by molar-refractivity contribution is 5.38. The number of alkyl halides is 3. The average molecular weight is 623 g/mol. The molecule has 236 valence electrons. The van der Waals surface area contributed by atoms with Gasteiger partial charge in [0.25, 0.3) is 5.56 Å². The molecular weight excluding hydrogens is 588 g/mol. The van der Waals surface area contributed by atoms with Gasteiger partial charge in [0, 0.05) is 18.0 Å². The van der Waals surface area contributed by atoms with Gasteiger partial charge in [0.1, 0.15) is 17.5 Å². The van der Waals surface area contributed by atoms with Crippen LogP contribution in [0.4, 0.5) is 17.6 Å². The van der Waals surface area contributed by atoms with E-state index in [9.17, 15) is 22.8 Å². The monoisotopic (exact) mass is 622 g/mol. The van der Waals surface area contributed by atoms with E-state index in [4.69, 9.17) is 10.5 Å². The van der Waals surface area contributed by atoms with Gasteiger partial charge in [-0.15, -0.1) is 0 Å². The number of benzene rings is 3. The number of nitrogens with two attached hydrogens (primary N) is 1. The maximum absolute atomic E-state index is 15.3. The van der Waals surface area contributed by atoms with Gasteiger partial charge in [0.2, 0.25) is 0 Å². The number of halogens is 4. The summed E-state index contributed by atoms with van der Waals surface area (Å²) in [6, 6.07) is 18.5. The first-order valence-corrected chi connectivity index (χ1v) is 15.0. The second-order valence-corrected chi connectivity index (χ2v) is 11.9. The van der Waals surface area contributed by atoms with Crippen molar-refractivity contribution in [3.63, 3.8) is 0 Å². The summed E-state index contributed by atoms with van der Waals surface area (Å²) in [4.78, 5) is 28.7. The Morgan fingerprint density at radius 2 is 1.71 bits per heavy atom. The predicted molar refractivity (Wildman–Crippen MR) is 161 cm³/mol. The Labute approximate surface area is 257 Å². The summed E-state index contributed by atoms with van der Waals surface area (Å²) in [6.45, 7) is 2.03. The van der Waals surface area contributed by atoms with Crippen molar-refractivity contribution in [3.8, 4) is 0 Å². The minimum absolute atomic E-state index is 0.189. The third-order valence-electron chi connectivity index (χ3n) is 8.86. The number of hydrogen-bond donors (Lipinski definition) is 2. The number of aryl methyl sites for hydroxylation is 1. The molecule has 6 rings (SSSR count). The molecule has 45 heavy (non-hydrogen) atoms. The summed E-state index contributed by atoms with van der Waals surface area (Å²) >= 11 is 0. The first kappa shape index (κ1) is 30.9. The van der Waals surface area contributed by atoms with Crippen molar-refractivity contribution in [2.45, 2.75) is 63.2 Å². The molecule has 4 aromatic rings. The Kier molecular flexibility index (Phi) is 8.28. The lowest BCUT2D eigenvalue weighted by atomic mass is 9.85. The molecule has 0 amide bonds. The van der Waals surface area contributed by atoms with Gasteiger partial charge < -0.3 is 15.8 Å². The lowest BCUT2D eigenvalue weighted by Crippen LogP contribution is -2.49. The van der Waals surface area contributed by atoms with E-state index in [-0.39, 0.29) is 24.2 Å². The molecule has 3 aromatic carbocycles. The van der Waals surface area contributed by atoms with Crippen LogP contribution in [0.25, 0.3) is 0 Å². The fraction of sp³-hybridized carbons (Fsp3) is 0.353. The van der Waals surface area contributed by atoms with E-state index >= 15 is 4.39 Å². The van der Waals surface area contributed by atoms with E-state index in [0.717, 1.165) is 38.5 Å². The zero-order valence-electron chi connectivity index (χ0n) is 24.7. The first-order valence-electron chi connectivity index (χ1n) is 15.0. The van der Waals surface area contributed by atoms with E-state index in [1.807, 2.05) is 37.3 Å². The minimum atomic E-state index is -4.87. The second kappa shape index (κ2) is 12.0. The lowest BCUT2D eigenvalue weighted by molar-refractivity contribution is -0.138. The van der Waals surface area contributed by atoms with Crippen LogP contribution in [0.5, 0.6) is 0 Å². The SMILES string of the molecule is Cc1cccc(C[C@H]2OC3(CCNCC3)c3c2n(Cc2c(F)cccc2C(F)(F)F)c(=O)n(C[C@H](N)c2ccccc2)c3=O)c1. The number of ether oxygens (including phenoxy) is 1. The van der Waals surface area contributed by atoms with Crippen LogP contribution in [0.1, 0.15) is 64.1 Å². The Bertz CT molecular complexity index is 1830. The number of piperidine rings is 1. The van der Waals surface area contributed by atoms with Crippen molar-refractivity contribution in [1.82, 2.24) is 14.5 Å². The van der Waals surface area contributed by atoms with Gasteiger partial charge in [-0.3, -0.25) is 13.9 Å². The van der Waals surface area contributed by atoms with Crippen LogP contribution < -0.4 is 22.3 Å². The molecule has 0 aliphatic carbocycles.